The first kappa shape index (κ1) is 10.9. The Morgan fingerprint density at radius 3 is 2.81 bits per heavy atom. The monoisotopic (exact) mass is 217 g/mol. The molecule has 1 fully saturated rings. The molecule has 0 atom stereocenters. The van der Waals surface area contributed by atoms with E-state index in [1.807, 2.05) is 6.07 Å². The molecule has 0 spiro atoms. The molecule has 2 heterocycles. The van der Waals surface area contributed by atoms with Crippen molar-refractivity contribution in [2.24, 2.45) is 0 Å². The fraction of sp³-hybridized carbons (Fsp3) is 0.500. The maximum Gasteiger partial charge on any atom is 0.140 e. The van der Waals surface area contributed by atoms with Gasteiger partial charge in [-0.1, -0.05) is 0 Å². The van der Waals surface area contributed by atoms with Gasteiger partial charge in [0.2, 0.25) is 0 Å². The fourth-order valence-corrected chi connectivity index (χ4v) is 1.83. The summed E-state index contributed by atoms with van der Waals surface area (Å²) in [6.07, 6.45) is 4.21. The van der Waals surface area contributed by atoms with Crippen molar-refractivity contribution in [2.45, 2.75) is 12.8 Å². The molecule has 0 aromatic carbocycles. The Kier molecular flexibility index (Phi) is 3.73. The summed E-state index contributed by atoms with van der Waals surface area (Å²) in [5.41, 5.74) is 0.423. The van der Waals surface area contributed by atoms with Crippen LogP contribution in [-0.2, 0) is 0 Å². The number of ether oxygens (including phenoxy) is 1. The highest BCUT2D eigenvalue weighted by Crippen LogP contribution is 2.10. The molecular weight excluding hydrogens is 202 g/mol. The summed E-state index contributed by atoms with van der Waals surface area (Å²) in [5, 5.41) is 8.59. The second-order valence-electron chi connectivity index (χ2n) is 3.89. The minimum atomic E-state index is 0.423. The van der Waals surface area contributed by atoms with Crippen LogP contribution in [0.4, 0.5) is 0 Å². The van der Waals surface area contributed by atoms with Crippen molar-refractivity contribution in [3.63, 3.8) is 0 Å². The number of rotatable bonds is 4. The first-order valence-corrected chi connectivity index (χ1v) is 5.60. The largest absolute Gasteiger partial charge is 0.491 e. The molecule has 0 unspecified atom stereocenters. The molecule has 0 saturated carbocycles. The highest BCUT2D eigenvalue weighted by molar-refractivity contribution is 5.26. The predicted octanol–water partition coefficient (Wildman–Crippen LogP) is 1.43. The molecule has 0 radical (unpaired) electrons. The Labute approximate surface area is 95.5 Å². The molecule has 0 amide bonds. The van der Waals surface area contributed by atoms with Gasteiger partial charge in [0.1, 0.15) is 24.1 Å². The van der Waals surface area contributed by atoms with Gasteiger partial charge in [-0.25, -0.2) is 4.98 Å². The Morgan fingerprint density at radius 1 is 1.38 bits per heavy atom. The number of hydrogen-bond donors (Lipinski definition) is 0. The second kappa shape index (κ2) is 5.47. The molecule has 1 aromatic rings. The van der Waals surface area contributed by atoms with Gasteiger partial charge in [-0.3, -0.25) is 4.90 Å². The van der Waals surface area contributed by atoms with Gasteiger partial charge in [-0.2, -0.15) is 5.26 Å². The maximum absolute atomic E-state index is 8.59. The van der Waals surface area contributed by atoms with Crippen LogP contribution >= 0.6 is 0 Å². The normalized spacial score (nSPS) is 15.9. The highest BCUT2D eigenvalue weighted by atomic mass is 16.5. The van der Waals surface area contributed by atoms with Crippen LogP contribution in [0.15, 0.2) is 18.3 Å². The zero-order valence-corrected chi connectivity index (χ0v) is 9.22. The summed E-state index contributed by atoms with van der Waals surface area (Å²) in [7, 11) is 0. The lowest BCUT2D eigenvalue weighted by Gasteiger charge is -2.14. The highest BCUT2D eigenvalue weighted by Gasteiger charge is 2.10. The van der Waals surface area contributed by atoms with Crippen molar-refractivity contribution in [3.05, 3.63) is 24.0 Å². The Balaban J connectivity index is 1.74. The van der Waals surface area contributed by atoms with Crippen LogP contribution in [0, 0.1) is 11.3 Å². The zero-order chi connectivity index (χ0) is 11.2. The standard InChI is InChI=1S/C12H15N3O/c13-9-11-3-4-12(10-14-11)16-8-7-15-5-1-2-6-15/h3-4,10H,1-2,5-8H2. The molecule has 0 aliphatic carbocycles. The van der Waals surface area contributed by atoms with E-state index < -0.39 is 0 Å². The molecule has 1 aliphatic heterocycles. The third-order valence-electron chi connectivity index (χ3n) is 2.73. The van der Waals surface area contributed by atoms with Crippen LogP contribution in [0.5, 0.6) is 5.75 Å². The van der Waals surface area contributed by atoms with Gasteiger partial charge in [0.25, 0.3) is 0 Å². The van der Waals surface area contributed by atoms with E-state index in [0.29, 0.717) is 12.3 Å². The Hall–Kier alpha value is -1.60. The molecule has 1 aliphatic rings. The van der Waals surface area contributed by atoms with Crippen molar-refractivity contribution in [1.29, 1.82) is 5.26 Å². The van der Waals surface area contributed by atoms with Gasteiger partial charge in [0, 0.05) is 6.54 Å². The predicted molar refractivity (Wildman–Crippen MR) is 60.1 cm³/mol. The molecule has 0 bridgehead atoms. The minimum absolute atomic E-state index is 0.423. The van der Waals surface area contributed by atoms with Crippen molar-refractivity contribution in [1.82, 2.24) is 9.88 Å². The van der Waals surface area contributed by atoms with E-state index in [1.165, 1.54) is 25.9 Å². The van der Waals surface area contributed by atoms with Crippen molar-refractivity contribution in [2.75, 3.05) is 26.2 Å². The summed E-state index contributed by atoms with van der Waals surface area (Å²) in [6, 6.07) is 5.44. The van der Waals surface area contributed by atoms with Gasteiger partial charge in [-0.15, -0.1) is 0 Å². The molecule has 2 rings (SSSR count). The average Bonchev–Trinajstić information content (AvgIpc) is 2.83. The van der Waals surface area contributed by atoms with E-state index in [4.69, 9.17) is 10.00 Å². The first-order chi connectivity index (χ1) is 7.88. The van der Waals surface area contributed by atoms with Crippen LogP contribution in [0.25, 0.3) is 0 Å². The molecule has 1 aromatic heterocycles. The lowest BCUT2D eigenvalue weighted by atomic mass is 10.4. The van der Waals surface area contributed by atoms with Crippen molar-refractivity contribution < 1.29 is 4.74 Å². The second-order valence-corrected chi connectivity index (χ2v) is 3.89. The summed E-state index contributed by atoms with van der Waals surface area (Å²) < 4.78 is 5.55. The van der Waals surface area contributed by atoms with Crippen molar-refractivity contribution >= 4 is 0 Å². The SMILES string of the molecule is N#Cc1ccc(OCCN2CCCC2)cn1. The molecular formula is C12H15N3O. The quantitative estimate of drug-likeness (QED) is 0.765. The zero-order valence-electron chi connectivity index (χ0n) is 9.22. The van der Waals surface area contributed by atoms with Gasteiger partial charge in [0.15, 0.2) is 0 Å². The van der Waals surface area contributed by atoms with Crippen LogP contribution in [-0.4, -0.2) is 36.1 Å². The number of aromatic nitrogens is 1. The number of nitrogens with zero attached hydrogens (tertiary/aromatic N) is 3. The van der Waals surface area contributed by atoms with Crippen LogP contribution in [0.3, 0.4) is 0 Å². The average molecular weight is 217 g/mol. The third kappa shape index (κ3) is 2.94. The number of likely N-dealkylation sites (tertiary alicyclic amines) is 1. The molecule has 84 valence electrons. The van der Waals surface area contributed by atoms with E-state index in [0.717, 1.165) is 12.3 Å². The molecule has 1 saturated heterocycles. The lowest BCUT2D eigenvalue weighted by Crippen LogP contribution is -2.25. The van der Waals surface area contributed by atoms with E-state index in [9.17, 15) is 0 Å². The minimum Gasteiger partial charge on any atom is -0.491 e. The number of pyridine rings is 1. The molecule has 0 N–H and O–H groups in total. The van der Waals surface area contributed by atoms with Crippen LogP contribution in [0.2, 0.25) is 0 Å². The van der Waals surface area contributed by atoms with Crippen molar-refractivity contribution in [3.8, 4) is 11.8 Å². The maximum atomic E-state index is 8.59. The number of nitriles is 1. The van der Waals surface area contributed by atoms with E-state index in [1.54, 1.807) is 18.3 Å². The number of hydrogen-bond acceptors (Lipinski definition) is 4. The van der Waals surface area contributed by atoms with E-state index in [-0.39, 0.29) is 0 Å². The summed E-state index contributed by atoms with van der Waals surface area (Å²) in [4.78, 5) is 6.35. The van der Waals surface area contributed by atoms with Gasteiger partial charge in [0.05, 0.1) is 6.20 Å². The summed E-state index contributed by atoms with van der Waals surface area (Å²) >= 11 is 0. The summed E-state index contributed by atoms with van der Waals surface area (Å²) in [5.74, 6) is 0.734. The Morgan fingerprint density at radius 2 is 2.19 bits per heavy atom. The third-order valence-corrected chi connectivity index (χ3v) is 2.73. The molecule has 4 heteroatoms. The van der Waals surface area contributed by atoms with Crippen LogP contribution in [0.1, 0.15) is 18.5 Å². The van der Waals surface area contributed by atoms with Gasteiger partial charge >= 0.3 is 0 Å². The van der Waals surface area contributed by atoms with E-state index >= 15 is 0 Å². The van der Waals surface area contributed by atoms with Gasteiger partial charge < -0.3 is 4.74 Å². The first-order valence-electron chi connectivity index (χ1n) is 5.60. The fourth-order valence-electron chi connectivity index (χ4n) is 1.83. The lowest BCUT2D eigenvalue weighted by molar-refractivity contribution is 0.237. The van der Waals surface area contributed by atoms with Gasteiger partial charge in [-0.05, 0) is 38.1 Å². The van der Waals surface area contributed by atoms with Crippen LogP contribution < -0.4 is 4.74 Å². The molecule has 16 heavy (non-hydrogen) atoms. The molecule has 4 nitrogen and oxygen atoms in total. The van der Waals surface area contributed by atoms with E-state index in [2.05, 4.69) is 9.88 Å². The Bertz CT molecular complexity index is 363. The summed E-state index contributed by atoms with van der Waals surface area (Å²) in [6.45, 7) is 4.04. The topological polar surface area (TPSA) is 49.1 Å². The smallest absolute Gasteiger partial charge is 0.140 e.